The molecule has 0 spiro atoms. The molecule has 20 heavy (non-hydrogen) atoms. The van der Waals surface area contributed by atoms with Crippen LogP contribution >= 0.6 is 0 Å². The van der Waals surface area contributed by atoms with Gasteiger partial charge in [-0.2, -0.15) is 0 Å². The molecule has 2 N–H and O–H groups in total. The fourth-order valence-electron chi connectivity index (χ4n) is 2.43. The second-order valence-corrected chi connectivity index (χ2v) is 5.27. The first-order valence-electron chi connectivity index (χ1n) is 6.86. The van der Waals surface area contributed by atoms with Crippen LogP contribution in [-0.4, -0.2) is 47.6 Å². The summed E-state index contributed by atoms with van der Waals surface area (Å²) in [5.41, 5.74) is 0.476. The average molecular weight is 276 g/mol. The fourth-order valence-corrected chi connectivity index (χ4v) is 2.43. The smallest absolute Gasteiger partial charge is 0.257 e. The highest BCUT2D eigenvalue weighted by Gasteiger charge is 2.27. The Hall–Kier alpha value is -1.72. The van der Waals surface area contributed by atoms with Gasteiger partial charge in [-0.25, -0.2) is 0 Å². The minimum absolute atomic E-state index is 0.196. The highest BCUT2D eigenvalue weighted by molar-refractivity contribution is 6.05. The van der Waals surface area contributed by atoms with Crippen molar-refractivity contribution in [1.29, 1.82) is 0 Å². The maximum Gasteiger partial charge on any atom is 0.257 e. The molecule has 5 heteroatoms. The highest BCUT2D eigenvalue weighted by atomic mass is 16.3. The minimum atomic E-state index is -0.373. The van der Waals surface area contributed by atoms with E-state index >= 15 is 0 Å². The SMILES string of the molecule is CC(O)C1CCN(CC(=O)NC(=O)c2ccccc2)C1. The Labute approximate surface area is 118 Å². The van der Waals surface area contributed by atoms with Crippen LogP contribution in [0.3, 0.4) is 0 Å². The molecule has 0 saturated carbocycles. The lowest BCUT2D eigenvalue weighted by atomic mass is 10.0. The van der Waals surface area contributed by atoms with Crippen LogP contribution < -0.4 is 5.32 Å². The van der Waals surface area contributed by atoms with Crippen LogP contribution in [0.4, 0.5) is 0 Å². The molecule has 1 aromatic carbocycles. The van der Waals surface area contributed by atoms with E-state index in [2.05, 4.69) is 5.32 Å². The fraction of sp³-hybridized carbons (Fsp3) is 0.467. The van der Waals surface area contributed by atoms with Crippen molar-refractivity contribution < 1.29 is 14.7 Å². The molecule has 0 aliphatic carbocycles. The summed E-state index contributed by atoms with van der Waals surface area (Å²) in [4.78, 5) is 25.6. The molecule has 1 fully saturated rings. The first-order chi connectivity index (χ1) is 9.56. The van der Waals surface area contributed by atoms with Crippen LogP contribution in [0.2, 0.25) is 0 Å². The number of hydrogen-bond donors (Lipinski definition) is 2. The number of likely N-dealkylation sites (tertiary alicyclic amines) is 1. The number of nitrogens with zero attached hydrogens (tertiary/aromatic N) is 1. The minimum Gasteiger partial charge on any atom is -0.393 e. The number of aliphatic hydroxyl groups excluding tert-OH is 1. The van der Waals surface area contributed by atoms with E-state index in [9.17, 15) is 14.7 Å². The van der Waals surface area contributed by atoms with Crippen LogP contribution in [0.5, 0.6) is 0 Å². The van der Waals surface area contributed by atoms with Crippen molar-refractivity contribution in [3.8, 4) is 0 Å². The monoisotopic (exact) mass is 276 g/mol. The van der Waals surface area contributed by atoms with Gasteiger partial charge in [-0.1, -0.05) is 18.2 Å². The summed E-state index contributed by atoms with van der Waals surface area (Å²) < 4.78 is 0. The van der Waals surface area contributed by atoms with Gasteiger partial charge in [-0.15, -0.1) is 0 Å². The van der Waals surface area contributed by atoms with Gasteiger partial charge in [0.15, 0.2) is 0 Å². The third kappa shape index (κ3) is 3.88. The molecule has 0 bridgehead atoms. The van der Waals surface area contributed by atoms with Gasteiger partial charge in [0.05, 0.1) is 12.6 Å². The Bertz CT molecular complexity index is 473. The second-order valence-electron chi connectivity index (χ2n) is 5.27. The number of aliphatic hydroxyl groups is 1. The van der Waals surface area contributed by atoms with Crippen LogP contribution in [0.15, 0.2) is 30.3 Å². The molecule has 1 aliphatic heterocycles. The van der Waals surface area contributed by atoms with Gasteiger partial charge in [0.2, 0.25) is 5.91 Å². The topological polar surface area (TPSA) is 69.6 Å². The molecular formula is C15H20N2O3. The molecule has 1 saturated heterocycles. The summed E-state index contributed by atoms with van der Waals surface area (Å²) in [5.74, 6) is -0.459. The van der Waals surface area contributed by atoms with Crippen molar-refractivity contribution in [2.45, 2.75) is 19.4 Å². The van der Waals surface area contributed by atoms with Crippen LogP contribution in [0, 0.1) is 5.92 Å². The maximum atomic E-state index is 11.8. The molecule has 2 amide bonds. The number of nitrogens with one attached hydrogen (secondary N) is 1. The molecule has 2 unspecified atom stereocenters. The van der Waals surface area contributed by atoms with Crippen LogP contribution in [-0.2, 0) is 4.79 Å². The van der Waals surface area contributed by atoms with Crippen molar-refractivity contribution in [2.24, 2.45) is 5.92 Å². The van der Waals surface area contributed by atoms with Gasteiger partial charge in [0.1, 0.15) is 0 Å². The first-order valence-corrected chi connectivity index (χ1v) is 6.86. The molecule has 1 aromatic rings. The third-order valence-electron chi connectivity index (χ3n) is 3.65. The molecule has 1 heterocycles. The number of carbonyl (C=O) groups is 2. The predicted octanol–water partition coefficient (Wildman–Crippen LogP) is 0.646. The Morgan fingerprint density at radius 2 is 2.10 bits per heavy atom. The van der Waals surface area contributed by atoms with Gasteiger partial charge in [0.25, 0.3) is 5.91 Å². The zero-order valence-electron chi connectivity index (χ0n) is 11.6. The van der Waals surface area contributed by atoms with Crippen molar-refractivity contribution >= 4 is 11.8 Å². The molecule has 1 aliphatic rings. The third-order valence-corrected chi connectivity index (χ3v) is 3.65. The van der Waals surface area contributed by atoms with E-state index in [1.165, 1.54) is 0 Å². The van der Waals surface area contributed by atoms with Crippen molar-refractivity contribution in [1.82, 2.24) is 10.2 Å². The average Bonchev–Trinajstić information content (AvgIpc) is 2.88. The van der Waals surface area contributed by atoms with E-state index in [1.807, 2.05) is 11.0 Å². The summed E-state index contributed by atoms with van der Waals surface area (Å²) in [6.07, 6.45) is 0.534. The number of benzene rings is 1. The first kappa shape index (κ1) is 14.7. The standard InChI is InChI=1S/C15H20N2O3/c1-11(18)13-7-8-17(9-13)10-14(19)16-15(20)12-5-3-2-4-6-12/h2-6,11,13,18H,7-10H2,1H3,(H,16,19,20). The highest BCUT2D eigenvalue weighted by Crippen LogP contribution is 2.18. The van der Waals surface area contributed by atoms with E-state index in [4.69, 9.17) is 0 Å². The Morgan fingerprint density at radius 3 is 2.70 bits per heavy atom. The van der Waals surface area contributed by atoms with Gasteiger partial charge >= 0.3 is 0 Å². The normalized spacial score (nSPS) is 20.6. The predicted molar refractivity (Wildman–Crippen MR) is 75.1 cm³/mol. The zero-order valence-corrected chi connectivity index (χ0v) is 11.6. The maximum absolute atomic E-state index is 11.8. The van der Waals surface area contributed by atoms with E-state index < -0.39 is 0 Å². The molecular weight excluding hydrogens is 256 g/mol. The van der Waals surface area contributed by atoms with Crippen LogP contribution in [0.25, 0.3) is 0 Å². The molecule has 2 atom stereocenters. The largest absolute Gasteiger partial charge is 0.393 e. The van der Waals surface area contributed by atoms with Crippen molar-refractivity contribution in [3.63, 3.8) is 0 Å². The van der Waals surface area contributed by atoms with E-state index in [0.29, 0.717) is 12.1 Å². The van der Waals surface area contributed by atoms with E-state index in [0.717, 1.165) is 13.0 Å². The lowest BCUT2D eigenvalue weighted by Crippen LogP contribution is -2.39. The van der Waals surface area contributed by atoms with Crippen LogP contribution in [0.1, 0.15) is 23.7 Å². The summed E-state index contributed by atoms with van der Waals surface area (Å²) >= 11 is 0. The van der Waals surface area contributed by atoms with E-state index in [-0.39, 0.29) is 30.4 Å². The summed E-state index contributed by atoms with van der Waals surface area (Å²) in [6, 6.07) is 8.67. The van der Waals surface area contributed by atoms with Gasteiger partial charge in [-0.3, -0.25) is 19.8 Å². The number of rotatable bonds is 4. The van der Waals surface area contributed by atoms with Crippen molar-refractivity contribution in [3.05, 3.63) is 35.9 Å². The van der Waals surface area contributed by atoms with Crippen molar-refractivity contribution in [2.75, 3.05) is 19.6 Å². The quantitative estimate of drug-likeness (QED) is 0.847. The Balaban J connectivity index is 1.80. The number of amides is 2. The Morgan fingerprint density at radius 1 is 1.40 bits per heavy atom. The number of carbonyl (C=O) groups excluding carboxylic acids is 2. The molecule has 0 radical (unpaired) electrons. The lowest BCUT2D eigenvalue weighted by molar-refractivity contribution is -0.121. The van der Waals surface area contributed by atoms with E-state index in [1.54, 1.807) is 31.2 Å². The number of imide groups is 1. The summed E-state index contributed by atoms with van der Waals surface area (Å²) in [7, 11) is 0. The Kier molecular flexibility index (Phi) is 4.87. The zero-order chi connectivity index (χ0) is 14.5. The number of hydrogen-bond acceptors (Lipinski definition) is 4. The van der Waals surface area contributed by atoms with Gasteiger partial charge in [0, 0.05) is 12.1 Å². The van der Waals surface area contributed by atoms with Gasteiger partial charge < -0.3 is 5.11 Å². The lowest BCUT2D eigenvalue weighted by Gasteiger charge is -2.16. The molecule has 0 aromatic heterocycles. The summed E-state index contributed by atoms with van der Waals surface area (Å²) in [5, 5.41) is 11.9. The summed E-state index contributed by atoms with van der Waals surface area (Å²) in [6.45, 7) is 3.45. The van der Waals surface area contributed by atoms with Gasteiger partial charge in [-0.05, 0) is 37.9 Å². The second kappa shape index (κ2) is 6.63. The molecule has 2 rings (SSSR count). The molecule has 108 valence electrons. The molecule has 5 nitrogen and oxygen atoms in total.